The lowest BCUT2D eigenvalue weighted by molar-refractivity contribution is 0.777. The molecule has 2 N–H and O–H groups in total. The van der Waals surface area contributed by atoms with E-state index in [1.54, 1.807) is 10.6 Å². The average molecular weight is 257 g/mol. The van der Waals surface area contributed by atoms with Crippen LogP contribution in [0.2, 0.25) is 0 Å². The molecule has 3 rings (SSSR count). The number of nitrogen functional groups attached to an aromatic ring is 1. The smallest absolute Gasteiger partial charge is 0.251 e. The molecule has 3 aromatic rings. The third kappa shape index (κ3) is 1.89. The number of pyridine rings is 1. The van der Waals surface area contributed by atoms with Gasteiger partial charge >= 0.3 is 0 Å². The van der Waals surface area contributed by atoms with E-state index >= 15 is 0 Å². The molecule has 0 fully saturated rings. The standard InChI is InChI=1S/C13H11N3OS/c14-13-15-10(8-18-13)7-16-11-4-2-1-3-9(11)5-6-12(16)17/h1-6,8H,7H2,(H2,14,15). The van der Waals surface area contributed by atoms with Gasteiger partial charge in [0, 0.05) is 11.4 Å². The van der Waals surface area contributed by atoms with Crippen molar-refractivity contribution in [2.75, 3.05) is 5.73 Å². The first-order valence-corrected chi connectivity index (χ1v) is 6.40. The Balaban J connectivity index is 2.16. The summed E-state index contributed by atoms with van der Waals surface area (Å²) in [6.45, 7) is 0.452. The van der Waals surface area contributed by atoms with Gasteiger partial charge in [-0.2, -0.15) is 0 Å². The number of aromatic nitrogens is 2. The van der Waals surface area contributed by atoms with Crippen molar-refractivity contribution in [3.63, 3.8) is 0 Å². The molecule has 2 heterocycles. The van der Waals surface area contributed by atoms with Crippen molar-refractivity contribution >= 4 is 27.4 Å². The zero-order valence-electron chi connectivity index (χ0n) is 9.54. The van der Waals surface area contributed by atoms with Crippen LogP contribution >= 0.6 is 11.3 Å². The van der Waals surface area contributed by atoms with Crippen molar-refractivity contribution in [2.45, 2.75) is 6.54 Å². The lowest BCUT2D eigenvalue weighted by atomic mass is 10.2. The van der Waals surface area contributed by atoms with Gasteiger partial charge in [0.2, 0.25) is 0 Å². The zero-order valence-corrected chi connectivity index (χ0v) is 10.4. The quantitative estimate of drug-likeness (QED) is 0.764. The minimum absolute atomic E-state index is 0.0275. The molecule has 0 aliphatic heterocycles. The van der Waals surface area contributed by atoms with Crippen LogP contribution in [0.15, 0.2) is 46.6 Å². The van der Waals surface area contributed by atoms with E-state index in [4.69, 9.17) is 5.73 Å². The maximum Gasteiger partial charge on any atom is 0.251 e. The summed E-state index contributed by atoms with van der Waals surface area (Å²) in [5, 5.41) is 3.45. The molecule has 0 aliphatic carbocycles. The second kappa shape index (κ2) is 4.27. The molecule has 0 unspecified atom stereocenters. The van der Waals surface area contributed by atoms with E-state index in [0.29, 0.717) is 11.7 Å². The van der Waals surface area contributed by atoms with Crippen LogP contribution in [0.4, 0.5) is 5.13 Å². The van der Waals surface area contributed by atoms with Gasteiger partial charge in [-0.25, -0.2) is 4.98 Å². The van der Waals surface area contributed by atoms with Crippen molar-refractivity contribution in [2.24, 2.45) is 0 Å². The number of hydrogen-bond donors (Lipinski definition) is 1. The van der Waals surface area contributed by atoms with Gasteiger partial charge in [0.25, 0.3) is 5.56 Å². The molecular weight excluding hydrogens is 246 g/mol. The molecule has 4 nitrogen and oxygen atoms in total. The molecule has 90 valence electrons. The first-order chi connectivity index (χ1) is 8.74. The minimum atomic E-state index is -0.0275. The number of nitrogens with two attached hydrogens (primary N) is 1. The van der Waals surface area contributed by atoms with Crippen LogP contribution in [0.25, 0.3) is 10.9 Å². The number of anilines is 1. The number of fused-ring (bicyclic) bond motifs is 1. The lowest BCUT2D eigenvalue weighted by Gasteiger charge is -2.08. The van der Waals surface area contributed by atoms with E-state index in [0.717, 1.165) is 16.6 Å². The number of thiazole rings is 1. The number of rotatable bonds is 2. The molecular formula is C13H11N3OS. The summed E-state index contributed by atoms with van der Waals surface area (Å²) in [4.78, 5) is 16.1. The molecule has 0 atom stereocenters. The fourth-order valence-corrected chi connectivity index (χ4v) is 2.52. The first kappa shape index (κ1) is 11.0. The van der Waals surface area contributed by atoms with E-state index in [-0.39, 0.29) is 5.56 Å². The molecule has 0 saturated carbocycles. The topological polar surface area (TPSA) is 60.9 Å². The Kier molecular flexibility index (Phi) is 2.60. The van der Waals surface area contributed by atoms with Crippen LogP contribution in [-0.4, -0.2) is 9.55 Å². The van der Waals surface area contributed by atoms with E-state index < -0.39 is 0 Å². The molecule has 0 radical (unpaired) electrons. The highest BCUT2D eigenvalue weighted by Crippen LogP contribution is 2.15. The summed E-state index contributed by atoms with van der Waals surface area (Å²) < 4.78 is 1.71. The molecule has 1 aromatic carbocycles. The molecule has 0 amide bonds. The summed E-state index contributed by atoms with van der Waals surface area (Å²) in [6, 6.07) is 11.2. The third-order valence-corrected chi connectivity index (χ3v) is 3.51. The number of hydrogen-bond acceptors (Lipinski definition) is 4. The van der Waals surface area contributed by atoms with E-state index in [2.05, 4.69) is 4.98 Å². The van der Waals surface area contributed by atoms with Crippen LogP contribution < -0.4 is 11.3 Å². The third-order valence-electron chi connectivity index (χ3n) is 2.79. The van der Waals surface area contributed by atoms with Gasteiger partial charge < -0.3 is 10.3 Å². The second-order valence-corrected chi connectivity index (χ2v) is 4.88. The maximum atomic E-state index is 12.0. The molecule has 2 aromatic heterocycles. The largest absolute Gasteiger partial charge is 0.375 e. The molecule has 18 heavy (non-hydrogen) atoms. The van der Waals surface area contributed by atoms with Crippen LogP contribution in [-0.2, 0) is 6.54 Å². The Hall–Kier alpha value is -2.14. The molecule has 0 aliphatic rings. The van der Waals surface area contributed by atoms with Crippen molar-refractivity contribution < 1.29 is 0 Å². The Labute approximate surface area is 107 Å². The fourth-order valence-electron chi connectivity index (χ4n) is 1.96. The van der Waals surface area contributed by atoms with Crippen LogP contribution in [0.3, 0.4) is 0 Å². The maximum absolute atomic E-state index is 12.0. The van der Waals surface area contributed by atoms with Crippen molar-refractivity contribution in [1.82, 2.24) is 9.55 Å². The number of benzene rings is 1. The molecule has 0 saturated heterocycles. The summed E-state index contributed by atoms with van der Waals surface area (Å²) in [6.07, 6.45) is 0. The van der Waals surface area contributed by atoms with E-state index in [1.807, 2.05) is 35.7 Å². The zero-order chi connectivity index (χ0) is 12.5. The van der Waals surface area contributed by atoms with Gasteiger partial charge in [-0.15, -0.1) is 11.3 Å². The minimum Gasteiger partial charge on any atom is -0.375 e. The normalized spacial score (nSPS) is 10.9. The van der Waals surface area contributed by atoms with Gasteiger partial charge in [0.05, 0.1) is 17.8 Å². The Morgan fingerprint density at radius 3 is 2.83 bits per heavy atom. The SMILES string of the molecule is Nc1nc(Cn2c(=O)ccc3ccccc32)cs1. The van der Waals surface area contributed by atoms with Gasteiger partial charge in [-0.05, 0) is 17.5 Å². The summed E-state index contributed by atoms with van der Waals surface area (Å²) >= 11 is 1.39. The van der Waals surface area contributed by atoms with Crippen LogP contribution in [0, 0.1) is 0 Å². The highest BCUT2D eigenvalue weighted by Gasteiger charge is 2.05. The molecule has 5 heteroatoms. The fraction of sp³-hybridized carbons (Fsp3) is 0.0769. The second-order valence-electron chi connectivity index (χ2n) is 3.99. The monoisotopic (exact) mass is 257 g/mol. The Morgan fingerprint density at radius 1 is 1.22 bits per heavy atom. The van der Waals surface area contributed by atoms with Crippen molar-refractivity contribution in [3.8, 4) is 0 Å². The Bertz CT molecular complexity index is 760. The van der Waals surface area contributed by atoms with Crippen LogP contribution in [0.5, 0.6) is 0 Å². The summed E-state index contributed by atoms with van der Waals surface area (Å²) in [7, 11) is 0. The predicted octanol–water partition coefficient (Wildman–Crippen LogP) is 2.09. The average Bonchev–Trinajstić information content (AvgIpc) is 2.79. The first-order valence-electron chi connectivity index (χ1n) is 5.52. The highest BCUT2D eigenvalue weighted by atomic mass is 32.1. The number of para-hydroxylation sites is 1. The van der Waals surface area contributed by atoms with Gasteiger partial charge in [-0.1, -0.05) is 18.2 Å². The number of nitrogens with zero attached hydrogens (tertiary/aromatic N) is 2. The predicted molar refractivity (Wildman–Crippen MR) is 73.8 cm³/mol. The van der Waals surface area contributed by atoms with Gasteiger partial charge in [0.1, 0.15) is 0 Å². The van der Waals surface area contributed by atoms with Crippen LogP contribution in [0.1, 0.15) is 5.69 Å². The summed E-state index contributed by atoms with van der Waals surface area (Å²) in [5.74, 6) is 0. The van der Waals surface area contributed by atoms with Gasteiger partial charge in [0.15, 0.2) is 5.13 Å². The molecule has 0 bridgehead atoms. The lowest BCUT2D eigenvalue weighted by Crippen LogP contribution is -2.20. The van der Waals surface area contributed by atoms with Gasteiger partial charge in [-0.3, -0.25) is 4.79 Å². The van der Waals surface area contributed by atoms with Crippen molar-refractivity contribution in [1.29, 1.82) is 0 Å². The summed E-state index contributed by atoms with van der Waals surface area (Å²) in [5.41, 5.74) is 7.30. The highest BCUT2D eigenvalue weighted by molar-refractivity contribution is 7.13. The molecule has 0 spiro atoms. The van der Waals surface area contributed by atoms with Crippen molar-refractivity contribution in [3.05, 3.63) is 57.8 Å². The van der Waals surface area contributed by atoms with E-state index in [9.17, 15) is 4.79 Å². The Morgan fingerprint density at radius 2 is 2.06 bits per heavy atom. The van der Waals surface area contributed by atoms with E-state index in [1.165, 1.54) is 11.3 Å².